The first-order valence-electron chi connectivity index (χ1n) is 9.29. The summed E-state index contributed by atoms with van der Waals surface area (Å²) in [6, 6.07) is 13.5. The van der Waals surface area contributed by atoms with E-state index in [0.717, 1.165) is 23.6 Å². The van der Waals surface area contributed by atoms with Crippen LogP contribution in [0.1, 0.15) is 48.2 Å². The Balaban J connectivity index is 1.47. The molecule has 0 bridgehead atoms. The largest absolute Gasteiger partial charge is 0.381 e. The first kappa shape index (κ1) is 15.6. The molecule has 134 valence electrons. The van der Waals surface area contributed by atoms with Gasteiger partial charge in [0, 0.05) is 23.3 Å². The summed E-state index contributed by atoms with van der Waals surface area (Å²) in [5.74, 6) is 1.17. The highest BCUT2D eigenvalue weighted by atomic mass is 15.8. The van der Waals surface area contributed by atoms with E-state index in [1.165, 1.54) is 29.7 Å². The Labute approximate surface area is 153 Å². The van der Waals surface area contributed by atoms with Crippen LogP contribution in [-0.4, -0.2) is 16.9 Å². The van der Waals surface area contributed by atoms with E-state index < -0.39 is 0 Å². The summed E-state index contributed by atoms with van der Waals surface area (Å²) >= 11 is 0. The predicted octanol–water partition coefficient (Wildman–Crippen LogP) is 2.58. The van der Waals surface area contributed by atoms with Crippen LogP contribution in [0.5, 0.6) is 0 Å². The van der Waals surface area contributed by atoms with E-state index in [1.807, 2.05) is 6.07 Å². The number of hydrazone groups is 1. The lowest BCUT2D eigenvalue weighted by Gasteiger charge is -2.26. The smallest absolute Gasteiger partial charge is 0.189 e. The number of hydrogen-bond acceptors (Lipinski definition) is 6. The van der Waals surface area contributed by atoms with Crippen molar-refractivity contribution in [1.82, 2.24) is 21.5 Å². The molecule has 2 aliphatic heterocycles. The van der Waals surface area contributed by atoms with Gasteiger partial charge in [0.05, 0.1) is 0 Å². The minimum absolute atomic E-state index is 0.403. The van der Waals surface area contributed by atoms with Crippen molar-refractivity contribution in [3.05, 3.63) is 58.9 Å². The van der Waals surface area contributed by atoms with Crippen molar-refractivity contribution >= 4 is 11.5 Å². The average Bonchev–Trinajstić information content (AvgIpc) is 3.06. The minimum Gasteiger partial charge on any atom is -0.381 e. The highest BCUT2D eigenvalue weighted by Gasteiger charge is 2.51. The maximum absolute atomic E-state index is 4.84. The first-order chi connectivity index (χ1) is 12.6. The summed E-state index contributed by atoms with van der Waals surface area (Å²) in [4.78, 5) is 4.84. The molecule has 1 aromatic heterocycles. The van der Waals surface area contributed by atoms with E-state index in [2.05, 4.69) is 71.1 Å². The topological polar surface area (TPSA) is 73.4 Å². The zero-order valence-electron chi connectivity index (χ0n) is 15.1. The molecular formula is C20H24N6. The molecule has 3 heterocycles. The van der Waals surface area contributed by atoms with Crippen LogP contribution in [0, 0.1) is 12.3 Å². The van der Waals surface area contributed by atoms with Crippen molar-refractivity contribution in [1.29, 1.82) is 0 Å². The quantitative estimate of drug-likeness (QED) is 0.683. The Hall–Kier alpha value is -2.60. The van der Waals surface area contributed by atoms with Crippen molar-refractivity contribution in [2.45, 2.75) is 45.1 Å². The Kier molecular flexibility index (Phi) is 3.43. The van der Waals surface area contributed by atoms with Gasteiger partial charge in [0.15, 0.2) is 5.84 Å². The fraction of sp³-hybridized carbons (Fsp3) is 0.400. The van der Waals surface area contributed by atoms with Crippen molar-refractivity contribution in [2.24, 2.45) is 10.5 Å². The molecule has 4 N–H and O–H groups in total. The van der Waals surface area contributed by atoms with Gasteiger partial charge in [-0.1, -0.05) is 25.1 Å². The lowest BCUT2D eigenvalue weighted by atomic mass is 9.82. The Morgan fingerprint density at radius 1 is 1.19 bits per heavy atom. The zero-order chi connectivity index (χ0) is 17.7. The minimum atomic E-state index is 0.403. The second-order valence-electron chi connectivity index (χ2n) is 8.01. The van der Waals surface area contributed by atoms with Gasteiger partial charge < -0.3 is 5.32 Å². The molecule has 0 radical (unpaired) electrons. The highest BCUT2D eigenvalue weighted by molar-refractivity contribution is 5.97. The van der Waals surface area contributed by atoms with Crippen LogP contribution in [0.2, 0.25) is 0 Å². The number of nitrogens with one attached hydrogen (secondary N) is 4. The average molecular weight is 348 g/mol. The van der Waals surface area contributed by atoms with Gasteiger partial charge in [-0.2, -0.15) is 0 Å². The second kappa shape index (κ2) is 5.71. The molecule has 0 spiro atoms. The molecule has 6 heteroatoms. The maximum Gasteiger partial charge on any atom is 0.189 e. The number of aryl methyl sites for hydroxylation is 1. The van der Waals surface area contributed by atoms with E-state index in [4.69, 9.17) is 4.98 Å². The number of fused-ring (bicyclic) bond motifs is 1. The van der Waals surface area contributed by atoms with Crippen LogP contribution >= 0.6 is 0 Å². The number of benzene rings is 1. The van der Waals surface area contributed by atoms with Crippen LogP contribution in [0.4, 0.5) is 5.69 Å². The molecule has 6 nitrogen and oxygen atoms in total. The van der Waals surface area contributed by atoms with Crippen molar-refractivity contribution in [2.75, 3.05) is 5.32 Å². The highest BCUT2D eigenvalue weighted by Crippen LogP contribution is 2.56. The monoisotopic (exact) mass is 348 g/mol. The number of aromatic nitrogens is 1. The molecule has 2 aromatic rings. The van der Waals surface area contributed by atoms with Gasteiger partial charge in [0.25, 0.3) is 0 Å². The van der Waals surface area contributed by atoms with E-state index in [-0.39, 0.29) is 0 Å². The van der Waals surface area contributed by atoms with Gasteiger partial charge in [0.1, 0.15) is 5.69 Å². The second-order valence-corrected chi connectivity index (χ2v) is 8.01. The lowest BCUT2D eigenvalue weighted by molar-refractivity contribution is 0.410. The molecule has 3 aliphatic rings. The third kappa shape index (κ3) is 2.61. The molecule has 1 aromatic carbocycles. The fourth-order valence-corrected chi connectivity index (χ4v) is 4.23. The predicted molar refractivity (Wildman–Crippen MR) is 103 cm³/mol. The molecule has 1 fully saturated rings. The van der Waals surface area contributed by atoms with E-state index in [1.54, 1.807) is 0 Å². The standard InChI is InChI=1S/C20H24N6/c1-12-6-7-14-15(18(20(2)8-9-20)22-17(14)10-12)11-13-4-3-5-16(21-13)19-23-25-26-24-19/h3-7,10,15,18,22,25-26H,8-9,11H2,1-2H3,(H,23,24). The summed E-state index contributed by atoms with van der Waals surface area (Å²) in [7, 11) is 0. The molecule has 2 unspecified atom stereocenters. The van der Waals surface area contributed by atoms with Gasteiger partial charge in [-0.3, -0.25) is 5.43 Å². The lowest BCUT2D eigenvalue weighted by Crippen LogP contribution is -2.35. The SMILES string of the molecule is Cc1ccc2c(c1)NC(C1(C)CC1)C2Cc1cccc(C2=NNNN2)n1. The van der Waals surface area contributed by atoms with E-state index >= 15 is 0 Å². The molecule has 0 amide bonds. The number of nitrogens with zero attached hydrogens (tertiary/aromatic N) is 2. The van der Waals surface area contributed by atoms with Crippen LogP contribution in [-0.2, 0) is 6.42 Å². The number of pyridine rings is 1. The van der Waals surface area contributed by atoms with Gasteiger partial charge in [0.2, 0.25) is 0 Å². The number of amidine groups is 1. The summed E-state index contributed by atoms with van der Waals surface area (Å²) in [5.41, 5.74) is 14.8. The van der Waals surface area contributed by atoms with Gasteiger partial charge in [-0.25, -0.2) is 10.5 Å². The van der Waals surface area contributed by atoms with E-state index in [9.17, 15) is 0 Å². The normalized spacial score (nSPS) is 24.9. The summed E-state index contributed by atoms with van der Waals surface area (Å²) in [6.45, 7) is 4.57. The fourth-order valence-electron chi connectivity index (χ4n) is 4.23. The molecule has 1 saturated carbocycles. The number of hydrogen-bond donors (Lipinski definition) is 4. The molecule has 5 rings (SSSR count). The first-order valence-corrected chi connectivity index (χ1v) is 9.29. The molecule has 26 heavy (non-hydrogen) atoms. The Bertz CT molecular complexity index is 886. The van der Waals surface area contributed by atoms with Crippen molar-refractivity contribution in [3.8, 4) is 0 Å². The van der Waals surface area contributed by atoms with Crippen LogP contribution < -0.4 is 21.8 Å². The molecule has 0 saturated heterocycles. The van der Waals surface area contributed by atoms with E-state index in [0.29, 0.717) is 17.4 Å². The van der Waals surface area contributed by atoms with Crippen LogP contribution in [0.3, 0.4) is 0 Å². The summed E-state index contributed by atoms with van der Waals surface area (Å²) < 4.78 is 0. The number of rotatable bonds is 4. The zero-order valence-corrected chi connectivity index (χ0v) is 15.1. The number of anilines is 1. The third-order valence-electron chi connectivity index (χ3n) is 5.99. The maximum atomic E-state index is 4.84. The molecule has 1 aliphatic carbocycles. The third-order valence-corrected chi connectivity index (χ3v) is 5.99. The summed E-state index contributed by atoms with van der Waals surface area (Å²) in [5, 5.41) is 7.99. The van der Waals surface area contributed by atoms with Crippen molar-refractivity contribution in [3.63, 3.8) is 0 Å². The van der Waals surface area contributed by atoms with Gasteiger partial charge in [-0.05, 0) is 60.9 Å². The number of hydrazine groups is 2. The van der Waals surface area contributed by atoms with Gasteiger partial charge in [-0.15, -0.1) is 10.6 Å². The van der Waals surface area contributed by atoms with Crippen LogP contribution in [0.15, 0.2) is 41.5 Å². The van der Waals surface area contributed by atoms with Gasteiger partial charge >= 0.3 is 0 Å². The Morgan fingerprint density at radius 3 is 2.85 bits per heavy atom. The molecule has 2 atom stereocenters. The molecular weight excluding hydrogens is 324 g/mol. The summed E-state index contributed by atoms with van der Waals surface area (Å²) in [6.07, 6.45) is 3.55. The van der Waals surface area contributed by atoms with Crippen molar-refractivity contribution < 1.29 is 0 Å². The Morgan fingerprint density at radius 2 is 2.08 bits per heavy atom. The van der Waals surface area contributed by atoms with Crippen LogP contribution in [0.25, 0.3) is 0 Å².